The number of aromatic hydroxyl groups is 1. The van der Waals surface area contributed by atoms with Crippen LogP contribution in [0.15, 0.2) is 23.4 Å². The van der Waals surface area contributed by atoms with Crippen molar-refractivity contribution in [1.82, 2.24) is 4.90 Å². The Kier molecular flexibility index (Phi) is 6.48. The molecule has 0 atom stereocenters. The summed E-state index contributed by atoms with van der Waals surface area (Å²) >= 11 is 0. The van der Waals surface area contributed by atoms with Crippen molar-refractivity contribution >= 4 is 11.7 Å². The van der Waals surface area contributed by atoms with E-state index >= 15 is 0 Å². The molecule has 0 aliphatic carbocycles. The van der Waals surface area contributed by atoms with Gasteiger partial charge >= 0.3 is 0 Å². The number of nitrogens with two attached hydrogens (primary N) is 1. The number of oxime groups is 1. The molecule has 7 nitrogen and oxygen atoms in total. The van der Waals surface area contributed by atoms with Crippen molar-refractivity contribution in [2.75, 3.05) is 26.8 Å². The van der Waals surface area contributed by atoms with Gasteiger partial charge in [-0.05, 0) is 30.7 Å². The summed E-state index contributed by atoms with van der Waals surface area (Å²) in [6.45, 7) is 2.83. The Balaban J connectivity index is 2.84. The quantitative estimate of drug-likeness (QED) is 0.300. The molecule has 0 spiro atoms. The van der Waals surface area contributed by atoms with Gasteiger partial charge in [0.15, 0.2) is 0 Å². The van der Waals surface area contributed by atoms with Gasteiger partial charge in [-0.1, -0.05) is 5.16 Å². The number of carbonyl (C=O) groups excluding carboxylic acids is 1. The Morgan fingerprint density at radius 3 is 2.71 bits per heavy atom. The maximum absolute atomic E-state index is 12.5. The van der Waals surface area contributed by atoms with Crippen molar-refractivity contribution in [2.24, 2.45) is 10.9 Å². The highest BCUT2D eigenvalue weighted by molar-refractivity contribution is 5.95. The number of hydrogen-bond donors (Lipinski definition) is 3. The van der Waals surface area contributed by atoms with Crippen LogP contribution in [-0.4, -0.2) is 53.8 Å². The van der Waals surface area contributed by atoms with Gasteiger partial charge in [0.05, 0.1) is 6.61 Å². The molecule has 0 fully saturated rings. The van der Waals surface area contributed by atoms with Gasteiger partial charge in [-0.2, -0.15) is 0 Å². The molecule has 0 unspecified atom stereocenters. The first kappa shape index (κ1) is 16.8. The van der Waals surface area contributed by atoms with Gasteiger partial charge in [0, 0.05) is 32.2 Å². The second kappa shape index (κ2) is 8.11. The minimum atomic E-state index is -0.194. The Labute approximate surface area is 123 Å². The molecule has 0 saturated carbocycles. The van der Waals surface area contributed by atoms with Gasteiger partial charge < -0.3 is 25.7 Å². The molecule has 0 heterocycles. The number of methoxy groups -OCH3 is 1. The number of nitrogens with zero attached hydrogens (tertiary/aromatic N) is 2. The fraction of sp³-hybridized carbons (Fsp3) is 0.429. The van der Waals surface area contributed by atoms with Crippen LogP contribution in [0.2, 0.25) is 0 Å². The van der Waals surface area contributed by atoms with E-state index in [1.165, 1.54) is 6.07 Å². The molecule has 0 aliphatic rings. The molecule has 0 bridgehead atoms. The van der Waals surface area contributed by atoms with Gasteiger partial charge in [-0.25, -0.2) is 0 Å². The molecular formula is C14H21N3O4. The average Bonchev–Trinajstić information content (AvgIpc) is 2.49. The molecule has 0 aliphatic heterocycles. The molecule has 0 radical (unpaired) electrons. The van der Waals surface area contributed by atoms with Gasteiger partial charge in [0.1, 0.15) is 11.6 Å². The third-order valence-electron chi connectivity index (χ3n) is 3.06. The van der Waals surface area contributed by atoms with Crippen molar-refractivity contribution in [3.8, 4) is 5.75 Å². The SMILES string of the molecule is COCCN(CC/C(N)=N/O)C(=O)c1ccc(O)c(C)c1. The van der Waals surface area contributed by atoms with E-state index in [2.05, 4.69) is 5.16 Å². The predicted octanol–water partition coefficient (Wildman–Crippen LogP) is 0.926. The molecule has 1 aromatic carbocycles. The molecule has 0 aromatic heterocycles. The van der Waals surface area contributed by atoms with Crippen LogP contribution in [0.1, 0.15) is 22.3 Å². The first-order chi connectivity index (χ1) is 9.99. The fourth-order valence-electron chi connectivity index (χ4n) is 1.79. The lowest BCUT2D eigenvalue weighted by atomic mass is 10.1. The van der Waals surface area contributed by atoms with Gasteiger partial charge in [-0.15, -0.1) is 0 Å². The minimum Gasteiger partial charge on any atom is -0.508 e. The first-order valence-corrected chi connectivity index (χ1v) is 6.53. The maximum Gasteiger partial charge on any atom is 0.253 e. The van der Waals surface area contributed by atoms with Crippen LogP contribution in [0, 0.1) is 6.92 Å². The van der Waals surface area contributed by atoms with Crippen LogP contribution >= 0.6 is 0 Å². The van der Waals surface area contributed by atoms with Crippen molar-refractivity contribution in [3.05, 3.63) is 29.3 Å². The molecule has 1 aromatic rings. The number of hydrogen-bond acceptors (Lipinski definition) is 5. The smallest absolute Gasteiger partial charge is 0.253 e. The van der Waals surface area contributed by atoms with E-state index in [0.29, 0.717) is 30.8 Å². The highest BCUT2D eigenvalue weighted by Crippen LogP contribution is 2.18. The Bertz CT molecular complexity index is 517. The number of ether oxygens (including phenoxy) is 1. The van der Waals surface area contributed by atoms with Crippen LogP contribution in [0.25, 0.3) is 0 Å². The van der Waals surface area contributed by atoms with Crippen LogP contribution < -0.4 is 5.73 Å². The zero-order chi connectivity index (χ0) is 15.8. The lowest BCUT2D eigenvalue weighted by Gasteiger charge is -2.22. The monoisotopic (exact) mass is 295 g/mol. The van der Waals surface area contributed by atoms with Gasteiger partial charge in [-0.3, -0.25) is 4.79 Å². The number of amidine groups is 1. The molecule has 21 heavy (non-hydrogen) atoms. The van der Waals surface area contributed by atoms with E-state index in [-0.39, 0.29) is 23.9 Å². The van der Waals surface area contributed by atoms with E-state index in [0.717, 1.165) is 0 Å². The number of phenols is 1. The van der Waals surface area contributed by atoms with Crippen molar-refractivity contribution in [3.63, 3.8) is 0 Å². The summed E-state index contributed by atoms with van der Waals surface area (Å²) in [4.78, 5) is 14.0. The Hall–Kier alpha value is -2.28. The maximum atomic E-state index is 12.5. The summed E-state index contributed by atoms with van der Waals surface area (Å²) < 4.78 is 4.99. The number of amides is 1. The van der Waals surface area contributed by atoms with Crippen molar-refractivity contribution < 1.29 is 19.8 Å². The summed E-state index contributed by atoms with van der Waals surface area (Å²) in [5.74, 6) is 0.0136. The van der Waals surface area contributed by atoms with E-state index in [1.54, 1.807) is 31.1 Å². The summed E-state index contributed by atoms with van der Waals surface area (Å²) in [6, 6.07) is 4.68. The lowest BCUT2D eigenvalue weighted by molar-refractivity contribution is 0.0700. The fourth-order valence-corrected chi connectivity index (χ4v) is 1.79. The van der Waals surface area contributed by atoms with Crippen LogP contribution in [-0.2, 0) is 4.74 Å². The first-order valence-electron chi connectivity index (χ1n) is 6.53. The zero-order valence-electron chi connectivity index (χ0n) is 12.2. The molecule has 1 amide bonds. The topological polar surface area (TPSA) is 108 Å². The summed E-state index contributed by atoms with van der Waals surface area (Å²) in [7, 11) is 1.55. The highest BCUT2D eigenvalue weighted by Gasteiger charge is 2.16. The Morgan fingerprint density at radius 2 is 2.14 bits per heavy atom. The number of aryl methyl sites for hydroxylation is 1. The van der Waals surface area contributed by atoms with Crippen LogP contribution in [0.4, 0.5) is 0 Å². The number of rotatable bonds is 7. The van der Waals surface area contributed by atoms with Crippen LogP contribution in [0.5, 0.6) is 5.75 Å². The second-order valence-corrected chi connectivity index (χ2v) is 4.63. The Morgan fingerprint density at radius 1 is 1.43 bits per heavy atom. The normalized spacial score (nSPS) is 11.4. The highest BCUT2D eigenvalue weighted by atomic mass is 16.5. The molecule has 0 saturated heterocycles. The van der Waals surface area contributed by atoms with E-state index in [1.807, 2.05) is 0 Å². The van der Waals surface area contributed by atoms with Crippen molar-refractivity contribution in [1.29, 1.82) is 0 Å². The van der Waals surface area contributed by atoms with Gasteiger partial charge in [0.25, 0.3) is 5.91 Å². The second-order valence-electron chi connectivity index (χ2n) is 4.63. The van der Waals surface area contributed by atoms with E-state index in [4.69, 9.17) is 15.7 Å². The van der Waals surface area contributed by atoms with Crippen LogP contribution in [0.3, 0.4) is 0 Å². The van der Waals surface area contributed by atoms with Gasteiger partial charge in [0.2, 0.25) is 0 Å². The minimum absolute atomic E-state index is 0.0621. The molecule has 7 heteroatoms. The van der Waals surface area contributed by atoms with Crippen molar-refractivity contribution in [2.45, 2.75) is 13.3 Å². The van der Waals surface area contributed by atoms with E-state index in [9.17, 15) is 9.90 Å². The zero-order valence-corrected chi connectivity index (χ0v) is 12.2. The molecule has 4 N–H and O–H groups in total. The number of benzene rings is 1. The average molecular weight is 295 g/mol. The molecular weight excluding hydrogens is 274 g/mol. The standard InChI is InChI=1S/C14H21N3O4/c1-10-9-11(3-4-12(10)18)14(19)17(7-8-21-2)6-5-13(15)16-20/h3-4,9,18,20H,5-8H2,1-2H3,(H2,15,16). The molecule has 116 valence electrons. The largest absolute Gasteiger partial charge is 0.508 e. The summed E-state index contributed by atoms with van der Waals surface area (Å²) in [5, 5.41) is 21.0. The number of carbonyl (C=O) groups is 1. The summed E-state index contributed by atoms with van der Waals surface area (Å²) in [6.07, 6.45) is 0.267. The lowest BCUT2D eigenvalue weighted by Crippen LogP contribution is -2.36. The molecule has 1 rings (SSSR count). The van der Waals surface area contributed by atoms with E-state index < -0.39 is 0 Å². The number of phenolic OH excluding ortho intramolecular Hbond substituents is 1. The summed E-state index contributed by atoms with van der Waals surface area (Å²) in [5.41, 5.74) is 6.53. The predicted molar refractivity (Wildman–Crippen MR) is 78.6 cm³/mol. The third kappa shape index (κ3) is 4.96. The third-order valence-corrected chi connectivity index (χ3v) is 3.06.